The lowest BCUT2D eigenvalue weighted by molar-refractivity contribution is -0.0746. The van der Waals surface area contributed by atoms with Gasteiger partial charge < -0.3 is 4.74 Å². The minimum atomic E-state index is 0.0448. The van der Waals surface area contributed by atoms with E-state index in [1.165, 1.54) is 5.56 Å². The fourth-order valence-corrected chi connectivity index (χ4v) is 5.43. The van der Waals surface area contributed by atoms with E-state index in [2.05, 4.69) is 24.1 Å². The van der Waals surface area contributed by atoms with Crippen LogP contribution in [0.15, 0.2) is 47.6 Å². The van der Waals surface area contributed by atoms with E-state index in [4.69, 9.17) is 44.6 Å². The van der Waals surface area contributed by atoms with Crippen molar-refractivity contribution in [1.82, 2.24) is 9.71 Å². The molecule has 2 aromatic carbocycles. The molecule has 0 radical (unpaired) electrons. The molecule has 0 amide bonds. The van der Waals surface area contributed by atoms with Crippen LogP contribution in [0.5, 0.6) is 0 Å². The molecule has 4 rings (SSSR count). The molecule has 7 heteroatoms. The molecule has 0 aromatic heterocycles. The molecule has 0 N–H and O–H groups in total. The van der Waals surface area contributed by atoms with E-state index in [0.717, 1.165) is 30.1 Å². The van der Waals surface area contributed by atoms with Crippen LogP contribution in [0.3, 0.4) is 0 Å². The van der Waals surface area contributed by atoms with Crippen molar-refractivity contribution in [2.24, 2.45) is 11.0 Å². The van der Waals surface area contributed by atoms with Gasteiger partial charge in [0.05, 0.1) is 31.3 Å². The van der Waals surface area contributed by atoms with E-state index in [0.29, 0.717) is 21.4 Å². The summed E-state index contributed by atoms with van der Waals surface area (Å²) in [5.74, 6) is 0.215. The van der Waals surface area contributed by atoms with E-state index < -0.39 is 0 Å². The maximum absolute atomic E-state index is 6.78. The lowest BCUT2D eigenvalue weighted by Gasteiger charge is -2.44. The van der Waals surface area contributed by atoms with Gasteiger partial charge in [-0.25, -0.2) is 0 Å². The highest BCUT2D eigenvalue weighted by Gasteiger charge is 2.57. The maximum atomic E-state index is 6.78. The van der Waals surface area contributed by atoms with E-state index in [1.807, 2.05) is 30.5 Å². The highest BCUT2D eigenvalue weighted by molar-refractivity contribution is 6.36. The number of benzene rings is 2. The van der Waals surface area contributed by atoms with Gasteiger partial charge in [-0.05, 0) is 37.1 Å². The Balaban J connectivity index is 1.92. The van der Waals surface area contributed by atoms with Crippen molar-refractivity contribution in [2.45, 2.75) is 31.8 Å². The van der Waals surface area contributed by atoms with Crippen LogP contribution in [0.2, 0.25) is 15.1 Å². The van der Waals surface area contributed by atoms with Crippen LogP contribution in [0.4, 0.5) is 5.69 Å². The van der Waals surface area contributed by atoms with Gasteiger partial charge in [0.25, 0.3) is 0 Å². The molecular formula is C22H25Cl3N3O+. The van der Waals surface area contributed by atoms with Crippen LogP contribution in [-0.2, 0) is 4.74 Å². The van der Waals surface area contributed by atoms with Crippen molar-refractivity contribution in [3.63, 3.8) is 0 Å². The average Bonchev–Trinajstić information content (AvgIpc) is 3.28. The summed E-state index contributed by atoms with van der Waals surface area (Å²) in [5, 5.41) is 9.51. The van der Waals surface area contributed by atoms with Gasteiger partial charge >= 0.3 is 0 Å². The summed E-state index contributed by atoms with van der Waals surface area (Å²) in [5.41, 5.74) is 2.10. The quantitative estimate of drug-likeness (QED) is 0.492. The zero-order valence-electron chi connectivity index (χ0n) is 16.6. The number of halogens is 3. The largest absolute Gasteiger partial charge is 0.383 e. The predicted octanol–water partition coefficient (Wildman–Crippen LogP) is 6.36. The molecule has 1 saturated heterocycles. The third-order valence-electron chi connectivity index (χ3n) is 5.94. The number of ether oxygens (including phenoxy) is 1. The number of quaternary nitrogens is 1. The molecule has 1 fully saturated rings. The summed E-state index contributed by atoms with van der Waals surface area (Å²) < 4.78 is 5.85. The molecule has 2 aliphatic rings. The van der Waals surface area contributed by atoms with Gasteiger partial charge in [-0.3, -0.25) is 0 Å². The minimum absolute atomic E-state index is 0.0448. The number of hydrogen-bond acceptors (Lipinski definition) is 3. The van der Waals surface area contributed by atoms with E-state index in [9.17, 15) is 0 Å². The molecular weight excluding hydrogens is 429 g/mol. The van der Waals surface area contributed by atoms with Gasteiger partial charge in [-0.15, -0.1) is 5.01 Å². The Morgan fingerprint density at radius 1 is 1.10 bits per heavy atom. The van der Waals surface area contributed by atoms with Gasteiger partial charge in [0.1, 0.15) is 5.02 Å². The van der Waals surface area contributed by atoms with Crippen LogP contribution < -0.4 is 4.70 Å². The van der Waals surface area contributed by atoms with Gasteiger partial charge in [-0.1, -0.05) is 63.7 Å². The Labute approximate surface area is 187 Å². The summed E-state index contributed by atoms with van der Waals surface area (Å²) >= 11 is 19.2. The first-order valence-electron chi connectivity index (χ1n) is 9.89. The lowest BCUT2D eigenvalue weighted by atomic mass is 9.94. The topological polar surface area (TPSA) is 24.8 Å². The Hall–Kier alpha value is -1.14. The standard InChI is InChI=1S/C22H25Cl3N3O/c1-15-13-26-28(21-10-9-18(24)12-20(21)25,27-11-3-4-19(27)14-29-2)22(15)16-5-7-17(23)8-6-16/h5-10,12-13,15,19,22H,3-4,11,14H2,1-2H3/q+1/t15-,19+,22?,28+/m1/s1. The van der Waals surface area contributed by atoms with Crippen molar-refractivity contribution < 1.29 is 4.74 Å². The molecule has 29 heavy (non-hydrogen) atoms. The molecule has 1 unspecified atom stereocenters. The number of methoxy groups -OCH3 is 1. The van der Waals surface area contributed by atoms with E-state index >= 15 is 0 Å². The fourth-order valence-electron chi connectivity index (χ4n) is 4.77. The van der Waals surface area contributed by atoms with Crippen molar-refractivity contribution >= 4 is 46.7 Å². The maximum Gasteiger partial charge on any atom is 0.198 e. The fraction of sp³-hybridized carbons (Fsp3) is 0.409. The smallest absolute Gasteiger partial charge is 0.198 e. The first kappa shape index (κ1) is 21.1. The van der Waals surface area contributed by atoms with Crippen molar-refractivity contribution in [3.8, 4) is 0 Å². The highest BCUT2D eigenvalue weighted by Crippen LogP contribution is 2.50. The monoisotopic (exact) mass is 452 g/mol. The molecule has 4 atom stereocenters. The highest BCUT2D eigenvalue weighted by atomic mass is 35.5. The molecule has 2 heterocycles. The average molecular weight is 454 g/mol. The first-order valence-corrected chi connectivity index (χ1v) is 11.0. The molecule has 4 nitrogen and oxygen atoms in total. The van der Waals surface area contributed by atoms with Crippen LogP contribution in [0.25, 0.3) is 0 Å². The number of rotatable bonds is 5. The normalized spacial score (nSPS) is 29.6. The number of hydrogen-bond donors (Lipinski definition) is 0. The molecule has 2 aromatic rings. The van der Waals surface area contributed by atoms with Crippen LogP contribution in [0.1, 0.15) is 31.4 Å². The van der Waals surface area contributed by atoms with Crippen molar-refractivity contribution in [1.29, 1.82) is 0 Å². The SMILES string of the molecule is COC[C@@H]1CCCN1[N@+]1(c2ccc(Cl)cc2Cl)N=C[C@@H](C)C1c1ccc(Cl)cc1. The Kier molecular flexibility index (Phi) is 6.22. The molecule has 0 bridgehead atoms. The zero-order valence-corrected chi connectivity index (χ0v) is 18.8. The summed E-state index contributed by atoms with van der Waals surface area (Å²) in [4.78, 5) is 0. The third kappa shape index (κ3) is 3.71. The van der Waals surface area contributed by atoms with E-state index in [1.54, 1.807) is 13.2 Å². The van der Waals surface area contributed by atoms with Crippen LogP contribution in [0, 0.1) is 5.92 Å². The molecule has 2 aliphatic heterocycles. The second-order valence-corrected chi connectivity index (χ2v) is 9.06. The first-order chi connectivity index (χ1) is 14.0. The van der Waals surface area contributed by atoms with E-state index in [-0.39, 0.29) is 18.0 Å². The summed E-state index contributed by atoms with van der Waals surface area (Å²) in [6, 6.07) is 14.1. The Morgan fingerprint density at radius 2 is 1.83 bits per heavy atom. The van der Waals surface area contributed by atoms with Crippen LogP contribution in [-0.4, -0.2) is 37.5 Å². The predicted molar refractivity (Wildman–Crippen MR) is 122 cm³/mol. The Bertz CT molecular complexity index is 905. The van der Waals surface area contributed by atoms with Crippen LogP contribution >= 0.6 is 34.8 Å². The molecule has 154 valence electrons. The third-order valence-corrected chi connectivity index (χ3v) is 6.73. The van der Waals surface area contributed by atoms with Gasteiger partial charge in [0.2, 0.25) is 0 Å². The summed E-state index contributed by atoms with van der Waals surface area (Å²) in [7, 11) is 1.75. The number of nitrogens with zero attached hydrogens (tertiary/aromatic N) is 3. The molecule has 0 spiro atoms. The zero-order chi connectivity index (χ0) is 20.6. The summed E-state index contributed by atoms with van der Waals surface area (Å²) in [6.45, 7) is 3.78. The Morgan fingerprint density at radius 3 is 2.52 bits per heavy atom. The molecule has 0 saturated carbocycles. The van der Waals surface area contributed by atoms with Gasteiger partial charge in [0, 0.05) is 28.8 Å². The lowest BCUT2D eigenvalue weighted by Crippen LogP contribution is -2.61. The summed E-state index contributed by atoms with van der Waals surface area (Å²) in [6.07, 6.45) is 4.21. The van der Waals surface area contributed by atoms with Gasteiger partial charge in [0.15, 0.2) is 11.7 Å². The van der Waals surface area contributed by atoms with Crippen molar-refractivity contribution in [3.05, 3.63) is 63.1 Å². The van der Waals surface area contributed by atoms with Crippen molar-refractivity contribution in [2.75, 3.05) is 20.3 Å². The second-order valence-electron chi connectivity index (χ2n) is 7.78. The molecule has 0 aliphatic carbocycles. The minimum Gasteiger partial charge on any atom is -0.383 e. The second kappa shape index (κ2) is 8.54. The van der Waals surface area contributed by atoms with Gasteiger partial charge in [-0.2, -0.15) is 0 Å².